The molecule has 0 spiro atoms. The Kier molecular flexibility index (Phi) is 10.8. The van der Waals surface area contributed by atoms with Crippen molar-refractivity contribution < 1.29 is 0 Å². The third kappa shape index (κ3) is 6.37. The van der Waals surface area contributed by atoms with Crippen LogP contribution in [0.3, 0.4) is 0 Å². The van der Waals surface area contributed by atoms with Crippen LogP contribution in [0.4, 0.5) is 0 Å². The Morgan fingerprint density at radius 2 is 1.67 bits per heavy atom. The van der Waals surface area contributed by atoms with E-state index in [9.17, 15) is 0 Å². The van der Waals surface area contributed by atoms with Gasteiger partial charge in [-0.1, -0.05) is 26.0 Å². The first-order chi connectivity index (χ1) is 9.20. The fourth-order valence-electron chi connectivity index (χ4n) is 2.76. The third-order valence-electron chi connectivity index (χ3n) is 3.79. The SMILES string of the molecule is CSc1ccc([C@H](CC(C)C)N2CCNCC2)cc1.Cl.Cl. The molecule has 1 atom stereocenters. The van der Waals surface area contributed by atoms with Gasteiger partial charge in [0.2, 0.25) is 0 Å². The Hall–Kier alpha value is 0.0700. The van der Waals surface area contributed by atoms with Crippen LogP contribution in [0.1, 0.15) is 31.9 Å². The molecule has 1 aromatic rings. The summed E-state index contributed by atoms with van der Waals surface area (Å²) in [5, 5.41) is 3.45. The lowest BCUT2D eigenvalue weighted by Gasteiger charge is -2.36. The minimum atomic E-state index is 0. The van der Waals surface area contributed by atoms with Gasteiger partial charge in [0.05, 0.1) is 0 Å². The van der Waals surface area contributed by atoms with Gasteiger partial charge in [-0.05, 0) is 36.3 Å². The molecule has 0 bridgehead atoms. The number of hydrogen-bond acceptors (Lipinski definition) is 3. The van der Waals surface area contributed by atoms with Gasteiger partial charge in [-0.2, -0.15) is 0 Å². The molecule has 1 saturated heterocycles. The molecule has 1 aliphatic rings. The van der Waals surface area contributed by atoms with Gasteiger partial charge in [0.15, 0.2) is 0 Å². The molecule has 1 N–H and O–H groups in total. The average molecular weight is 351 g/mol. The summed E-state index contributed by atoms with van der Waals surface area (Å²) in [4.78, 5) is 4.00. The second kappa shape index (κ2) is 10.7. The Labute approximate surface area is 146 Å². The molecule has 0 unspecified atom stereocenters. The van der Waals surface area contributed by atoms with Crippen molar-refractivity contribution in [2.45, 2.75) is 31.2 Å². The maximum atomic E-state index is 3.45. The number of nitrogens with one attached hydrogen (secondary N) is 1. The molecule has 0 amide bonds. The van der Waals surface area contributed by atoms with Crippen molar-refractivity contribution in [3.63, 3.8) is 0 Å². The molecular formula is C16H28Cl2N2S. The molecule has 2 nitrogen and oxygen atoms in total. The molecule has 122 valence electrons. The number of halogens is 2. The van der Waals surface area contributed by atoms with Gasteiger partial charge >= 0.3 is 0 Å². The van der Waals surface area contributed by atoms with E-state index >= 15 is 0 Å². The van der Waals surface area contributed by atoms with Crippen LogP contribution in [0, 0.1) is 5.92 Å². The third-order valence-corrected chi connectivity index (χ3v) is 4.53. The molecule has 0 aromatic heterocycles. The summed E-state index contributed by atoms with van der Waals surface area (Å²) in [5.74, 6) is 0.736. The van der Waals surface area contributed by atoms with Gasteiger partial charge in [-0.3, -0.25) is 4.90 Å². The van der Waals surface area contributed by atoms with Crippen LogP contribution >= 0.6 is 36.6 Å². The normalized spacial score (nSPS) is 17.0. The highest BCUT2D eigenvalue weighted by Gasteiger charge is 2.22. The van der Waals surface area contributed by atoms with Crippen molar-refractivity contribution in [1.82, 2.24) is 10.2 Å². The lowest BCUT2D eigenvalue weighted by Crippen LogP contribution is -2.45. The van der Waals surface area contributed by atoms with Gasteiger partial charge in [0.1, 0.15) is 0 Å². The zero-order valence-electron chi connectivity index (χ0n) is 13.2. The van der Waals surface area contributed by atoms with E-state index in [2.05, 4.69) is 54.6 Å². The summed E-state index contributed by atoms with van der Waals surface area (Å²) < 4.78 is 0. The summed E-state index contributed by atoms with van der Waals surface area (Å²) in [5.41, 5.74) is 1.48. The lowest BCUT2D eigenvalue weighted by molar-refractivity contribution is 0.154. The van der Waals surface area contributed by atoms with Gasteiger partial charge in [0, 0.05) is 37.1 Å². The minimum Gasteiger partial charge on any atom is -0.314 e. The largest absolute Gasteiger partial charge is 0.314 e. The van der Waals surface area contributed by atoms with E-state index in [1.807, 2.05) is 11.8 Å². The number of rotatable bonds is 5. The van der Waals surface area contributed by atoms with Gasteiger partial charge in [-0.25, -0.2) is 0 Å². The van der Waals surface area contributed by atoms with Crippen molar-refractivity contribution in [3.05, 3.63) is 29.8 Å². The Bertz CT molecular complexity index is 378. The predicted octanol–water partition coefficient (Wildman–Crippen LogP) is 4.24. The van der Waals surface area contributed by atoms with E-state index < -0.39 is 0 Å². The molecule has 1 fully saturated rings. The van der Waals surface area contributed by atoms with Gasteiger partial charge < -0.3 is 5.32 Å². The van der Waals surface area contributed by atoms with Gasteiger partial charge in [-0.15, -0.1) is 36.6 Å². The summed E-state index contributed by atoms with van der Waals surface area (Å²) in [6.45, 7) is 9.23. The van der Waals surface area contributed by atoms with E-state index in [0.29, 0.717) is 6.04 Å². The summed E-state index contributed by atoms with van der Waals surface area (Å²) in [6, 6.07) is 9.74. The number of thioether (sulfide) groups is 1. The molecule has 2 rings (SSSR count). The summed E-state index contributed by atoms with van der Waals surface area (Å²) in [7, 11) is 0. The molecule has 1 heterocycles. The van der Waals surface area contributed by atoms with Crippen LogP contribution in [-0.2, 0) is 0 Å². The first-order valence-corrected chi connectivity index (χ1v) is 8.52. The smallest absolute Gasteiger partial charge is 0.0351 e. The van der Waals surface area contributed by atoms with Crippen LogP contribution in [0.15, 0.2) is 29.2 Å². The van der Waals surface area contributed by atoms with Crippen molar-refractivity contribution in [3.8, 4) is 0 Å². The van der Waals surface area contributed by atoms with E-state index in [1.165, 1.54) is 30.0 Å². The van der Waals surface area contributed by atoms with Crippen molar-refractivity contribution in [2.75, 3.05) is 32.4 Å². The average Bonchev–Trinajstić information content (AvgIpc) is 2.46. The van der Waals surface area contributed by atoms with Crippen LogP contribution in [0.5, 0.6) is 0 Å². The minimum absolute atomic E-state index is 0. The van der Waals surface area contributed by atoms with Crippen LogP contribution in [-0.4, -0.2) is 37.3 Å². The number of hydrogen-bond donors (Lipinski definition) is 1. The Balaban J connectivity index is 0.00000200. The fraction of sp³-hybridized carbons (Fsp3) is 0.625. The second-order valence-electron chi connectivity index (χ2n) is 5.70. The van der Waals surface area contributed by atoms with E-state index in [-0.39, 0.29) is 24.8 Å². The monoisotopic (exact) mass is 350 g/mol. The zero-order chi connectivity index (χ0) is 13.7. The van der Waals surface area contributed by atoms with Crippen molar-refractivity contribution in [2.24, 2.45) is 5.92 Å². The maximum absolute atomic E-state index is 3.45. The number of benzene rings is 1. The molecule has 1 aliphatic heterocycles. The second-order valence-corrected chi connectivity index (χ2v) is 6.58. The van der Waals surface area contributed by atoms with Gasteiger partial charge in [0.25, 0.3) is 0 Å². The first kappa shape index (κ1) is 21.1. The molecular weight excluding hydrogens is 323 g/mol. The Morgan fingerprint density at radius 3 is 2.14 bits per heavy atom. The topological polar surface area (TPSA) is 15.3 Å². The standard InChI is InChI=1S/C16H26N2S.2ClH/c1-13(2)12-16(18-10-8-17-9-11-18)14-4-6-15(19-3)7-5-14;;/h4-7,13,16-17H,8-12H2,1-3H3;2*1H/t16-;;/m0../s1. The molecule has 0 aliphatic carbocycles. The zero-order valence-corrected chi connectivity index (χ0v) is 15.6. The molecule has 21 heavy (non-hydrogen) atoms. The Morgan fingerprint density at radius 1 is 1.10 bits per heavy atom. The quantitative estimate of drug-likeness (QED) is 0.799. The number of nitrogens with zero attached hydrogens (tertiary/aromatic N) is 1. The van der Waals surface area contributed by atoms with Crippen LogP contribution in [0.25, 0.3) is 0 Å². The lowest BCUT2D eigenvalue weighted by atomic mass is 9.95. The summed E-state index contributed by atoms with van der Waals surface area (Å²) in [6.07, 6.45) is 3.38. The predicted molar refractivity (Wildman–Crippen MR) is 99.4 cm³/mol. The molecule has 0 radical (unpaired) electrons. The maximum Gasteiger partial charge on any atom is 0.0351 e. The highest BCUT2D eigenvalue weighted by molar-refractivity contribution is 7.98. The molecule has 0 saturated carbocycles. The molecule has 5 heteroatoms. The van der Waals surface area contributed by atoms with Crippen molar-refractivity contribution in [1.29, 1.82) is 0 Å². The van der Waals surface area contributed by atoms with Crippen LogP contribution < -0.4 is 5.32 Å². The fourth-order valence-corrected chi connectivity index (χ4v) is 3.17. The first-order valence-electron chi connectivity index (χ1n) is 7.29. The molecule has 1 aromatic carbocycles. The van der Waals surface area contributed by atoms with Crippen molar-refractivity contribution >= 4 is 36.6 Å². The highest BCUT2D eigenvalue weighted by atomic mass is 35.5. The highest BCUT2D eigenvalue weighted by Crippen LogP contribution is 2.29. The van der Waals surface area contributed by atoms with Crippen LogP contribution in [0.2, 0.25) is 0 Å². The number of piperazine rings is 1. The van der Waals surface area contributed by atoms with E-state index in [4.69, 9.17) is 0 Å². The van der Waals surface area contributed by atoms with E-state index in [0.717, 1.165) is 19.0 Å². The van der Waals surface area contributed by atoms with E-state index in [1.54, 1.807) is 0 Å². The summed E-state index contributed by atoms with van der Waals surface area (Å²) >= 11 is 1.82.